The summed E-state index contributed by atoms with van der Waals surface area (Å²) in [4.78, 5) is 4.52. The number of aromatic nitrogens is 1. The maximum atomic E-state index is 9.93. The SMILES string of the molecule is C/C(=N\Nc1nc(-c2ccccc2)cs1)c1cc(C)ccc1O. The van der Waals surface area contributed by atoms with E-state index in [1.54, 1.807) is 6.07 Å². The standard InChI is InChI=1S/C18H17N3OS/c1-12-8-9-17(22)15(10-12)13(2)20-21-18-19-16(11-23-18)14-6-4-3-5-7-14/h3-11,22H,1-2H3,(H,19,21)/b20-13+. The van der Waals surface area contributed by atoms with Gasteiger partial charge in [-0.15, -0.1) is 11.3 Å². The molecule has 0 fully saturated rings. The first-order chi connectivity index (χ1) is 11.1. The van der Waals surface area contributed by atoms with Crippen LogP contribution in [0.5, 0.6) is 5.75 Å². The zero-order chi connectivity index (χ0) is 16.2. The van der Waals surface area contributed by atoms with Gasteiger partial charge in [-0.25, -0.2) is 4.98 Å². The van der Waals surface area contributed by atoms with Gasteiger partial charge in [0.05, 0.1) is 11.4 Å². The van der Waals surface area contributed by atoms with Crippen LogP contribution < -0.4 is 5.43 Å². The molecular weight excluding hydrogens is 306 g/mol. The monoisotopic (exact) mass is 323 g/mol. The molecule has 116 valence electrons. The van der Waals surface area contributed by atoms with Gasteiger partial charge in [-0.2, -0.15) is 5.10 Å². The van der Waals surface area contributed by atoms with Gasteiger partial charge in [0.1, 0.15) is 5.75 Å². The molecule has 5 heteroatoms. The van der Waals surface area contributed by atoms with Gasteiger partial charge in [0.25, 0.3) is 0 Å². The summed E-state index contributed by atoms with van der Waals surface area (Å²) in [5.74, 6) is 0.225. The number of aromatic hydroxyl groups is 1. The van der Waals surface area contributed by atoms with Crippen molar-refractivity contribution in [1.29, 1.82) is 0 Å². The molecule has 1 aromatic heterocycles. The number of phenols is 1. The summed E-state index contributed by atoms with van der Waals surface area (Å²) in [5, 5.41) is 17.0. The molecule has 23 heavy (non-hydrogen) atoms. The number of nitrogens with zero attached hydrogens (tertiary/aromatic N) is 2. The number of hydrogen-bond donors (Lipinski definition) is 2. The van der Waals surface area contributed by atoms with E-state index in [0.29, 0.717) is 5.71 Å². The zero-order valence-electron chi connectivity index (χ0n) is 12.9. The van der Waals surface area contributed by atoms with Crippen LogP contribution in [-0.4, -0.2) is 15.8 Å². The second-order valence-corrected chi connectivity index (χ2v) is 6.09. The van der Waals surface area contributed by atoms with Crippen LogP contribution in [0.2, 0.25) is 0 Å². The zero-order valence-corrected chi connectivity index (χ0v) is 13.8. The van der Waals surface area contributed by atoms with Crippen LogP contribution in [0.4, 0.5) is 5.13 Å². The Balaban J connectivity index is 1.78. The van der Waals surface area contributed by atoms with E-state index < -0.39 is 0 Å². The highest BCUT2D eigenvalue weighted by atomic mass is 32.1. The Labute approximate surface area is 139 Å². The van der Waals surface area contributed by atoms with Crippen LogP contribution >= 0.6 is 11.3 Å². The van der Waals surface area contributed by atoms with E-state index in [1.807, 2.05) is 61.7 Å². The molecular formula is C18H17N3OS. The predicted octanol–water partition coefficient (Wildman–Crippen LogP) is 4.66. The molecule has 0 radical (unpaired) electrons. The molecule has 0 atom stereocenters. The molecule has 1 heterocycles. The average Bonchev–Trinajstić information content (AvgIpc) is 3.05. The van der Waals surface area contributed by atoms with E-state index in [9.17, 15) is 5.11 Å². The summed E-state index contributed by atoms with van der Waals surface area (Å²) in [5.41, 5.74) is 7.47. The van der Waals surface area contributed by atoms with Crippen molar-refractivity contribution in [3.63, 3.8) is 0 Å². The predicted molar refractivity (Wildman–Crippen MR) is 96.2 cm³/mol. The quantitative estimate of drug-likeness (QED) is 0.542. The molecule has 0 amide bonds. The largest absolute Gasteiger partial charge is 0.507 e. The first-order valence-electron chi connectivity index (χ1n) is 7.25. The fraction of sp³-hybridized carbons (Fsp3) is 0.111. The van der Waals surface area contributed by atoms with Crippen LogP contribution in [0.1, 0.15) is 18.1 Å². The van der Waals surface area contributed by atoms with Gasteiger partial charge >= 0.3 is 0 Å². The van der Waals surface area contributed by atoms with Crippen molar-refractivity contribution in [2.24, 2.45) is 5.10 Å². The Bertz CT molecular complexity index is 840. The third-order valence-electron chi connectivity index (χ3n) is 3.43. The molecule has 3 aromatic rings. The topological polar surface area (TPSA) is 57.5 Å². The minimum atomic E-state index is 0.225. The Morgan fingerprint density at radius 3 is 2.74 bits per heavy atom. The number of rotatable bonds is 4. The molecule has 0 bridgehead atoms. The second-order valence-electron chi connectivity index (χ2n) is 5.23. The molecule has 0 saturated heterocycles. The lowest BCUT2D eigenvalue weighted by molar-refractivity contribution is 0.474. The number of hydrogen-bond acceptors (Lipinski definition) is 5. The summed E-state index contributed by atoms with van der Waals surface area (Å²) >= 11 is 1.50. The summed E-state index contributed by atoms with van der Waals surface area (Å²) in [6, 6.07) is 15.5. The number of phenolic OH excluding ortho intramolecular Hbond substituents is 1. The molecule has 3 rings (SSSR count). The second kappa shape index (κ2) is 6.62. The minimum absolute atomic E-state index is 0.225. The highest BCUT2D eigenvalue weighted by molar-refractivity contribution is 7.14. The summed E-state index contributed by atoms with van der Waals surface area (Å²) in [6.07, 6.45) is 0. The number of benzene rings is 2. The summed E-state index contributed by atoms with van der Waals surface area (Å²) < 4.78 is 0. The number of hydrazone groups is 1. The summed E-state index contributed by atoms with van der Waals surface area (Å²) in [7, 11) is 0. The van der Waals surface area contributed by atoms with E-state index in [2.05, 4.69) is 15.5 Å². The fourth-order valence-electron chi connectivity index (χ4n) is 2.20. The Morgan fingerprint density at radius 2 is 1.96 bits per heavy atom. The average molecular weight is 323 g/mol. The highest BCUT2D eigenvalue weighted by Gasteiger charge is 2.06. The molecule has 0 aliphatic carbocycles. The fourth-order valence-corrected chi connectivity index (χ4v) is 2.86. The van der Waals surface area contributed by atoms with Crippen molar-refractivity contribution in [2.45, 2.75) is 13.8 Å². The molecule has 0 aliphatic heterocycles. The van der Waals surface area contributed by atoms with Crippen molar-refractivity contribution >= 4 is 22.2 Å². The van der Waals surface area contributed by atoms with Gasteiger partial charge in [0.15, 0.2) is 0 Å². The smallest absolute Gasteiger partial charge is 0.203 e. The van der Waals surface area contributed by atoms with Gasteiger partial charge in [-0.1, -0.05) is 42.0 Å². The number of anilines is 1. The van der Waals surface area contributed by atoms with Gasteiger partial charge in [0, 0.05) is 16.5 Å². The van der Waals surface area contributed by atoms with Gasteiger partial charge in [-0.3, -0.25) is 5.43 Å². The van der Waals surface area contributed by atoms with Crippen LogP contribution in [0.3, 0.4) is 0 Å². The molecule has 0 aliphatic rings. The van der Waals surface area contributed by atoms with Gasteiger partial charge in [-0.05, 0) is 26.0 Å². The molecule has 4 nitrogen and oxygen atoms in total. The van der Waals surface area contributed by atoms with Crippen LogP contribution in [0.15, 0.2) is 59.0 Å². The van der Waals surface area contributed by atoms with Crippen molar-refractivity contribution < 1.29 is 5.11 Å². The van der Waals surface area contributed by atoms with Crippen molar-refractivity contribution in [3.05, 3.63) is 65.0 Å². The number of nitrogens with one attached hydrogen (secondary N) is 1. The first-order valence-corrected chi connectivity index (χ1v) is 8.12. The van der Waals surface area contributed by atoms with E-state index >= 15 is 0 Å². The Kier molecular flexibility index (Phi) is 4.39. The van der Waals surface area contributed by atoms with Crippen molar-refractivity contribution in [1.82, 2.24) is 4.98 Å². The Hall–Kier alpha value is -2.66. The maximum absolute atomic E-state index is 9.93. The van der Waals surface area contributed by atoms with Crippen molar-refractivity contribution in [3.8, 4) is 17.0 Å². The van der Waals surface area contributed by atoms with E-state index in [1.165, 1.54) is 11.3 Å². The molecule has 2 N–H and O–H groups in total. The van der Waals surface area contributed by atoms with Crippen LogP contribution in [0.25, 0.3) is 11.3 Å². The lowest BCUT2D eigenvalue weighted by atomic mass is 10.1. The third kappa shape index (κ3) is 3.57. The molecule has 0 unspecified atom stereocenters. The molecule has 0 spiro atoms. The number of thiazole rings is 1. The highest BCUT2D eigenvalue weighted by Crippen LogP contribution is 2.25. The van der Waals surface area contributed by atoms with E-state index in [4.69, 9.17) is 0 Å². The Morgan fingerprint density at radius 1 is 1.17 bits per heavy atom. The first kappa shape index (κ1) is 15.2. The number of aryl methyl sites for hydroxylation is 1. The molecule has 0 saturated carbocycles. The van der Waals surface area contributed by atoms with Gasteiger partial charge in [0.2, 0.25) is 5.13 Å². The van der Waals surface area contributed by atoms with E-state index in [0.717, 1.165) is 27.5 Å². The summed E-state index contributed by atoms with van der Waals surface area (Å²) in [6.45, 7) is 3.84. The normalized spacial score (nSPS) is 11.5. The maximum Gasteiger partial charge on any atom is 0.203 e. The van der Waals surface area contributed by atoms with E-state index in [-0.39, 0.29) is 5.75 Å². The lowest BCUT2D eigenvalue weighted by Gasteiger charge is -2.05. The van der Waals surface area contributed by atoms with Gasteiger partial charge < -0.3 is 5.11 Å². The third-order valence-corrected chi connectivity index (χ3v) is 4.18. The molecule has 2 aromatic carbocycles. The minimum Gasteiger partial charge on any atom is -0.507 e. The lowest BCUT2D eigenvalue weighted by Crippen LogP contribution is -2.00. The van der Waals surface area contributed by atoms with Crippen LogP contribution in [0, 0.1) is 6.92 Å². The van der Waals surface area contributed by atoms with Crippen LogP contribution in [-0.2, 0) is 0 Å². The van der Waals surface area contributed by atoms with Crippen molar-refractivity contribution in [2.75, 3.05) is 5.43 Å².